The highest BCUT2D eigenvalue weighted by Gasteiger charge is 2.30. The van der Waals surface area contributed by atoms with Crippen molar-refractivity contribution in [2.75, 3.05) is 5.32 Å². The van der Waals surface area contributed by atoms with E-state index in [9.17, 15) is 22.8 Å². The summed E-state index contributed by atoms with van der Waals surface area (Å²) in [6.07, 6.45) is -4.45. The van der Waals surface area contributed by atoms with Gasteiger partial charge in [-0.1, -0.05) is 50.6 Å². The van der Waals surface area contributed by atoms with Crippen molar-refractivity contribution in [3.63, 3.8) is 0 Å². The molecule has 162 valence electrons. The molecule has 5 nitrogen and oxygen atoms in total. The van der Waals surface area contributed by atoms with E-state index in [0.29, 0.717) is 21.8 Å². The molecule has 0 aromatic heterocycles. The van der Waals surface area contributed by atoms with Crippen molar-refractivity contribution in [3.05, 3.63) is 63.7 Å². The second kappa shape index (κ2) is 9.06. The summed E-state index contributed by atoms with van der Waals surface area (Å²) in [6.45, 7) is 6.90. The molecule has 9 heteroatoms. The van der Waals surface area contributed by atoms with E-state index in [0.717, 1.165) is 12.1 Å². The summed E-state index contributed by atoms with van der Waals surface area (Å²) < 4.78 is 38.4. The molecule has 0 spiro atoms. The van der Waals surface area contributed by atoms with Gasteiger partial charge in [0.1, 0.15) is 0 Å². The number of halogens is 4. The summed E-state index contributed by atoms with van der Waals surface area (Å²) in [7, 11) is 0. The van der Waals surface area contributed by atoms with E-state index in [4.69, 9.17) is 11.6 Å². The third-order valence-corrected chi connectivity index (χ3v) is 4.43. The Labute approximate surface area is 178 Å². The van der Waals surface area contributed by atoms with Crippen LogP contribution in [0.2, 0.25) is 5.02 Å². The molecular weight excluding hydrogens is 419 g/mol. The van der Waals surface area contributed by atoms with Crippen LogP contribution < -0.4 is 16.2 Å². The lowest BCUT2D eigenvalue weighted by Crippen LogP contribution is -2.38. The molecule has 2 aromatic rings. The fraction of sp³-hybridized carbons (Fsp3) is 0.333. The molecule has 30 heavy (non-hydrogen) atoms. The zero-order valence-electron chi connectivity index (χ0n) is 17.0. The van der Waals surface area contributed by atoms with Gasteiger partial charge in [0.25, 0.3) is 5.91 Å². The lowest BCUT2D eigenvalue weighted by Gasteiger charge is -2.21. The lowest BCUT2D eigenvalue weighted by molar-refractivity contribution is -0.137. The van der Waals surface area contributed by atoms with Crippen LogP contribution in [0.25, 0.3) is 0 Å². The fourth-order valence-electron chi connectivity index (χ4n) is 2.54. The standard InChI is InChI=1S/C21H23ClF3N3O2/c1-12-8-15(22)10-16(17(12)27-19(30)20(2,3)4)18(29)28-26-11-13-6-5-7-14(9-13)21(23,24)25/h5-10,26H,11H2,1-4H3,(H,27,30)(H,28,29). The molecular formula is C21H23ClF3N3O2. The molecule has 0 fully saturated rings. The van der Waals surface area contributed by atoms with E-state index >= 15 is 0 Å². The lowest BCUT2D eigenvalue weighted by atomic mass is 9.95. The van der Waals surface area contributed by atoms with E-state index in [2.05, 4.69) is 16.2 Å². The number of alkyl halides is 3. The van der Waals surface area contributed by atoms with Gasteiger partial charge in [0.15, 0.2) is 0 Å². The van der Waals surface area contributed by atoms with Crippen LogP contribution in [-0.4, -0.2) is 11.8 Å². The van der Waals surface area contributed by atoms with Gasteiger partial charge in [0.2, 0.25) is 5.91 Å². The van der Waals surface area contributed by atoms with Gasteiger partial charge >= 0.3 is 6.18 Å². The molecule has 2 amide bonds. The number of rotatable bonds is 5. The number of amides is 2. The minimum Gasteiger partial charge on any atom is -0.325 e. The van der Waals surface area contributed by atoms with Crippen LogP contribution in [0.4, 0.5) is 18.9 Å². The summed E-state index contributed by atoms with van der Waals surface area (Å²) >= 11 is 6.06. The molecule has 3 N–H and O–H groups in total. The molecule has 2 rings (SSSR count). The summed E-state index contributed by atoms with van der Waals surface area (Å²) in [5.74, 6) is -0.865. The van der Waals surface area contributed by atoms with Crippen LogP contribution in [0.3, 0.4) is 0 Å². The van der Waals surface area contributed by atoms with Crippen molar-refractivity contribution in [2.24, 2.45) is 5.41 Å². The molecule has 0 saturated carbocycles. The Hall–Kier alpha value is -2.58. The van der Waals surface area contributed by atoms with E-state index in [1.54, 1.807) is 33.8 Å². The van der Waals surface area contributed by atoms with Crippen LogP contribution in [0.5, 0.6) is 0 Å². The fourth-order valence-corrected chi connectivity index (χ4v) is 2.81. The average Bonchev–Trinajstić information content (AvgIpc) is 2.62. The topological polar surface area (TPSA) is 70.2 Å². The Morgan fingerprint density at radius 1 is 1.07 bits per heavy atom. The normalized spacial score (nSPS) is 11.9. The van der Waals surface area contributed by atoms with Crippen LogP contribution in [0.1, 0.15) is 47.8 Å². The SMILES string of the molecule is Cc1cc(Cl)cc(C(=O)NNCc2cccc(C(F)(F)F)c2)c1NC(=O)C(C)(C)C. The number of hydrazine groups is 1. The van der Waals surface area contributed by atoms with Crippen LogP contribution >= 0.6 is 11.6 Å². The average molecular weight is 442 g/mol. The monoisotopic (exact) mass is 441 g/mol. The summed E-state index contributed by atoms with van der Waals surface area (Å²) in [5, 5.41) is 3.06. The maximum atomic E-state index is 12.8. The zero-order chi connectivity index (χ0) is 22.7. The number of carbonyl (C=O) groups excluding carboxylic acids is 2. The van der Waals surface area contributed by atoms with Crippen molar-refractivity contribution in [2.45, 2.75) is 40.4 Å². The van der Waals surface area contributed by atoms with Gasteiger partial charge in [-0.15, -0.1) is 0 Å². The number of aryl methyl sites for hydroxylation is 1. The first-order valence-corrected chi connectivity index (χ1v) is 9.48. The predicted octanol–water partition coefficient (Wildman–Crippen LogP) is 5.09. The maximum Gasteiger partial charge on any atom is 0.416 e. The van der Waals surface area contributed by atoms with Gasteiger partial charge in [-0.3, -0.25) is 15.0 Å². The summed E-state index contributed by atoms with van der Waals surface area (Å²) in [5.41, 5.74) is 4.98. The van der Waals surface area contributed by atoms with Gasteiger partial charge in [-0.2, -0.15) is 13.2 Å². The first kappa shape index (κ1) is 23.7. The largest absolute Gasteiger partial charge is 0.416 e. The number of hydrogen-bond acceptors (Lipinski definition) is 3. The van der Waals surface area contributed by atoms with Crippen molar-refractivity contribution in [3.8, 4) is 0 Å². The van der Waals surface area contributed by atoms with Crippen molar-refractivity contribution in [1.82, 2.24) is 10.9 Å². The highest BCUT2D eigenvalue weighted by Crippen LogP contribution is 2.30. The van der Waals surface area contributed by atoms with Gasteiger partial charge in [0.05, 0.1) is 16.8 Å². The molecule has 0 saturated heterocycles. The highest BCUT2D eigenvalue weighted by atomic mass is 35.5. The van der Waals surface area contributed by atoms with Crippen molar-refractivity contribution in [1.29, 1.82) is 0 Å². The smallest absolute Gasteiger partial charge is 0.325 e. The Morgan fingerprint density at radius 3 is 2.33 bits per heavy atom. The molecule has 2 aromatic carbocycles. The second-order valence-corrected chi connectivity index (χ2v) is 8.29. The minimum atomic E-state index is -4.45. The van der Waals surface area contributed by atoms with E-state index in [1.165, 1.54) is 18.2 Å². The summed E-state index contributed by atoms with van der Waals surface area (Å²) in [6, 6.07) is 7.80. The van der Waals surface area contributed by atoms with E-state index in [-0.39, 0.29) is 18.0 Å². The second-order valence-electron chi connectivity index (χ2n) is 7.86. The minimum absolute atomic E-state index is 0.0289. The molecule has 0 unspecified atom stereocenters. The highest BCUT2D eigenvalue weighted by molar-refractivity contribution is 6.31. The third-order valence-electron chi connectivity index (χ3n) is 4.21. The Balaban J connectivity index is 2.14. The molecule has 0 heterocycles. The number of carbonyl (C=O) groups is 2. The van der Waals surface area contributed by atoms with Crippen LogP contribution in [-0.2, 0) is 17.5 Å². The number of nitrogens with one attached hydrogen (secondary N) is 3. The van der Waals surface area contributed by atoms with E-state index in [1.807, 2.05) is 0 Å². The first-order valence-electron chi connectivity index (χ1n) is 9.10. The van der Waals surface area contributed by atoms with Gasteiger partial charge in [0, 0.05) is 17.0 Å². The van der Waals surface area contributed by atoms with Gasteiger partial charge < -0.3 is 5.32 Å². The number of anilines is 1. The predicted molar refractivity (Wildman–Crippen MR) is 110 cm³/mol. The molecule has 0 radical (unpaired) electrons. The molecule has 0 aliphatic heterocycles. The van der Waals surface area contributed by atoms with Gasteiger partial charge in [-0.05, 0) is 36.2 Å². The Bertz CT molecular complexity index is 953. The summed E-state index contributed by atoms with van der Waals surface area (Å²) in [4.78, 5) is 25.0. The molecule has 0 aliphatic rings. The molecule has 0 bridgehead atoms. The number of hydrogen-bond donors (Lipinski definition) is 3. The maximum absolute atomic E-state index is 12.8. The van der Waals surface area contributed by atoms with Crippen molar-refractivity contribution < 1.29 is 22.8 Å². The van der Waals surface area contributed by atoms with Crippen molar-refractivity contribution >= 4 is 29.1 Å². The Kier molecular flexibility index (Phi) is 7.15. The molecule has 0 aliphatic carbocycles. The number of benzene rings is 2. The molecule has 0 atom stereocenters. The Morgan fingerprint density at radius 2 is 1.73 bits per heavy atom. The van der Waals surface area contributed by atoms with Crippen LogP contribution in [0, 0.1) is 12.3 Å². The first-order chi connectivity index (χ1) is 13.8. The third kappa shape index (κ3) is 6.21. The van der Waals surface area contributed by atoms with Crippen LogP contribution in [0.15, 0.2) is 36.4 Å². The van der Waals surface area contributed by atoms with Gasteiger partial charge in [-0.25, -0.2) is 5.43 Å². The zero-order valence-corrected chi connectivity index (χ0v) is 17.8. The quantitative estimate of drug-likeness (QED) is 0.566. The van der Waals surface area contributed by atoms with E-state index < -0.39 is 23.1 Å².